The second-order valence-corrected chi connectivity index (χ2v) is 7.85. The molecule has 31 heavy (non-hydrogen) atoms. The molecule has 0 N–H and O–H groups in total. The van der Waals surface area contributed by atoms with Gasteiger partial charge in [0.2, 0.25) is 0 Å². The number of hydrogen-bond donors (Lipinski definition) is 0. The summed E-state index contributed by atoms with van der Waals surface area (Å²) in [5.74, 6) is 1.12. The summed E-state index contributed by atoms with van der Waals surface area (Å²) in [4.78, 5) is 15.5. The fourth-order valence-corrected chi connectivity index (χ4v) is 3.86. The Labute approximate surface area is 184 Å². The van der Waals surface area contributed by atoms with Crippen LogP contribution >= 0.6 is 0 Å². The number of anilines is 1. The van der Waals surface area contributed by atoms with Crippen LogP contribution in [0.3, 0.4) is 0 Å². The van der Waals surface area contributed by atoms with Crippen molar-refractivity contribution in [1.82, 2.24) is 0 Å². The highest BCUT2D eigenvalue weighted by Gasteiger charge is 2.31. The van der Waals surface area contributed by atoms with E-state index in [9.17, 15) is 4.79 Å². The second kappa shape index (κ2) is 9.05. The third kappa shape index (κ3) is 4.31. The summed E-state index contributed by atoms with van der Waals surface area (Å²) < 4.78 is 5.53. The van der Waals surface area contributed by atoms with Crippen LogP contribution in [0, 0.1) is 0 Å². The quantitative estimate of drug-likeness (QED) is 0.425. The van der Waals surface area contributed by atoms with Crippen LogP contribution in [-0.2, 0) is 4.79 Å². The van der Waals surface area contributed by atoms with Crippen molar-refractivity contribution in [2.75, 3.05) is 11.5 Å². The third-order valence-corrected chi connectivity index (χ3v) is 5.37. The molecule has 3 aromatic rings. The maximum Gasteiger partial charge on any atom is 0.262 e. The van der Waals surface area contributed by atoms with Gasteiger partial charge >= 0.3 is 0 Å². The minimum Gasteiger partial charge on any atom is -0.494 e. The largest absolute Gasteiger partial charge is 0.494 e. The fourth-order valence-electron chi connectivity index (χ4n) is 3.86. The number of benzene rings is 3. The lowest BCUT2D eigenvalue weighted by molar-refractivity contribution is -0.113. The molecule has 0 radical (unpaired) electrons. The summed E-state index contributed by atoms with van der Waals surface area (Å²) in [5.41, 5.74) is 5.64. The van der Waals surface area contributed by atoms with Gasteiger partial charge in [-0.3, -0.25) is 9.69 Å². The second-order valence-electron chi connectivity index (χ2n) is 7.85. The van der Waals surface area contributed by atoms with Crippen molar-refractivity contribution < 1.29 is 9.53 Å². The van der Waals surface area contributed by atoms with Crippen molar-refractivity contribution in [3.8, 4) is 5.75 Å². The number of ether oxygens (including phenoxy) is 1. The molecule has 0 aromatic heterocycles. The first-order chi connectivity index (χ1) is 15.1. The molecule has 0 bridgehead atoms. The number of nitrogens with zero attached hydrogens (tertiary/aromatic N) is 1. The zero-order valence-electron chi connectivity index (χ0n) is 18.2. The van der Waals surface area contributed by atoms with Crippen LogP contribution in [0.5, 0.6) is 5.75 Å². The van der Waals surface area contributed by atoms with Gasteiger partial charge in [-0.25, -0.2) is 0 Å². The first kappa shape index (κ1) is 20.7. The van der Waals surface area contributed by atoms with Crippen molar-refractivity contribution in [2.24, 2.45) is 0 Å². The summed E-state index contributed by atoms with van der Waals surface area (Å²) in [6, 6.07) is 26.1. The summed E-state index contributed by atoms with van der Waals surface area (Å²) in [6.07, 6.45) is 3.93. The van der Waals surface area contributed by atoms with E-state index in [4.69, 9.17) is 4.74 Å². The highest BCUT2D eigenvalue weighted by atomic mass is 16.5. The molecule has 0 aliphatic carbocycles. The van der Waals surface area contributed by atoms with Crippen LogP contribution in [0.15, 0.2) is 90.5 Å². The van der Waals surface area contributed by atoms with Crippen molar-refractivity contribution >= 4 is 23.4 Å². The molecule has 1 aliphatic rings. The smallest absolute Gasteiger partial charge is 0.262 e. The summed E-state index contributed by atoms with van der Waals surface area (Å²) >= 11 is 0. The minimum absolute atomic E-state index is 0.0131. The molecule has 3 heteroatoms. The Balaban J connectivity index is 1.79. The molecule has 4 rings (SSSR count). The number of amides is 1. The van der Waals surface area contributed by atoms with Gasteiger partial charge in [0.1, 0.15) is 5.75 Å². The van der Waals surface area contributed by atoms with E-state index >= 15 is 0 Å². The highest BCUT2D eigenvalue weighted by molar-refractivity contribution is 6.23. The molecular formula is C28H27NO2. The molecule has 3 nitrogen and oxygen atoms in total. The molecule has 0 atom stereocenters. The Hall–Kier alpha value is -3.59. The number of para-hydroxylation sites is 1. The molecule has 1 aliphatic heterocycles. The van der Waals surface area contributed by atoms with Crippen LogP contribution in [0.1, 0.15) is 43.4 Å². The zero-order chi connectivity index (χ0) is 21.8. The van der Waals surface area contributed by atoms with Crippen LogP contribution in [0.25, 0.3) is 11.8 Å². The van der Waals surface area contributed by atoms with Crippen molar-refractivity contribution in [2.45, 2.75) is 26.7 Å². The SMILES string of the molecule is CCOc1ccc(/C=C2\C=C(c3ccccc3)N(c3ccccc3C(C)C)C2=O)cc1. The van der Waals surface area contributed by atoms with Gasteiger partial charge in [-0.1, -0.05) is 74.5 Å². The van der Waals surface area contributed by atoms with Crippen LogP contribution < -0.4 is 9.64 Å². The Morgan fingerprint density at radius 2 is 1.58 bits per heavy atom. The lowest BCUT2D eigenvalue weighted by atomic mass is 10.00. The Morgan fingerprint density at radius 3 is 2.26 bits per heavy atom. The average Bonchev–Trinajstić information content (AvgIpc) is 3.11. The molecule has 1 heterocycles. The highest BCUT2D eigenvalue weighted by Crippen LogP contribution is 2.38. The van der Waals surface area contributed by atoms with Gasteiger partial charge in [-0.05, 0) is 59.9 Å². The third-order valence-electron chi connectivity index (χ3n) is 5.37. The average molecular weight is 410 g/mol. The molecule has 0 spiro atoms. The lowest BCUT2D eigenvalue weighted by Crippen LogP contribution is -2.26. The summed E-state index contributed by atoms with van der Waals surface area (Å²) in [7, 11) is 0. The number of carbonyl (C=O) groups is 1. The monoisotopic (exact) mass is 409 g/mol. The Morgan fingerprint density at radius 1 is 0.903 bits per heavy atom. The van der Waals surface area contributed by atoms with E-state index in [2.05, 4.69) is 19.9 Å². The molecule has 0 saturated carbocycles. The summed E-state index contributed by atoms with van der Waals surface area (Å²) in [6.45, 7) is 6.91. The van der Waals surface area contributed by atoms with Gasteiger partial charge in [0, 0.05) is 5.57 Å². The van der Waals surface area contributed by atoms with Crippen molar-refractivity contribution in [3.63, 3.8) is 0 Å². The van der Waals surface area contributed by atoms with Gasteiger partial charge < -0.3 is 4.74 Å². The predicted octanol–water partition coefficient (Wildman–Crippen LogP) is 6.68. The number of hydrogen-bond acceptors (Lipinski definition) is 2. The molecule has 0 unspecified atom stereocenters. The van der Waals surface area contributed by atoms with Gasteiger partial charge in [0.15, 0.2) is 0 Å². The van der Waals surface area contributed by atoms with Gasteiger partial charge in [-0.15, -0.1) is 0 Å². The van der Waals surface area contributed by atoms with Gasteiger partial charge in [0.05, 0.1) is 18.0 Å². The first-order valence-corrected chi connectivity index (χ1v) is 10.7. The molecule has 156 valence electrons. The van der Waals surface area contributed by atoms with Crippen molar-refractivity contribution in [3.05, 3.63) is 107 Å². The minimum atomic E-state index is -0.0131. The van der Waals surface area contributed by atoms with E-state index in [1.54, 1.807) is 0 Å². The van der Waals surface area contributed by atoms with E-state index in [-0.39, 0.29) is 5.91 Å². The van der Waals surface area contributed by atoms with E-state index in [1.807, 2.05) is 96.8 Å². The summed E-state index contributed by atoms with van der Waals surface area (Å²) in [5, 5.41) is 0. The van der Waals surface area contributed by atoms with Gasteiger partial charge in [0.25, 0.3) is 5.91 Å². The molecule has 0 saturated heterocycles. The molecule has 1 amide bonds. The molecule has 3 aromatic carbocycles. The van der Waals surface area contributed by atoms with E-state index in [0.717, 1.165) is 33.8 Å². The zero-order valence-corrected chi connectivity index (χ0v) is 18.2. The van der Waals surface area contributed by atoms with E-state index < -0.39 is 0 Å². The van der Waals surface area contributed by atoms with Gasteiger partial charge in [-0.2, -0.15) is 0 Å². The van der Waals surface area contributed by atoms with Crippen LogP contribution in [-0.4, -0.2) is 12.5 Å². The first-order valence-electron chi connectivity index (χ1n) is 10.7. The number of carbonyl (C=O) groups excluding carboxylic acids is 1. The van der Waals surface area contributed by atoms with E-state index in [0.29, 0.717) is 18.1 Å². The predicted molar refractivity (Wildman–Crippen MR) is 128 cm³/mol. The van der Waals surface area contributed by atoms with Crippen LogP contribution in [0.2, 0.25) is 0 Å². The Bertz CT molecular complexity index is 1130. The Kier molecular flexibility index (Phi) is 6.03. The standard InChI is InChI=1S/C28H27NO2/c1-4-31-24-16-14-21(15-17-24)18-23-19-27(22-10-6-5-7-11-22)29(28(23)30)26-13-9-8-12-25(26)20(2)3/h5-20H,4H2,1-3H3/b23-18+. The fraction of sp³-hybridized carbons (Fsp3) is 0.179. The molecular weight excluding hydrogens is 382 g/mol. The maximum atomic E-state index is 13.6. The molecule has 0 fully saturated rings. The topological polar surface area (TPSA) is 29.5 Å². The normalized spacial score (nSPS) is 15.0. The van der Waals surface area contributed by atoms with Crippen molar-refractivity contribution in [1.29, 1.82) is 0 Å². The van der Waals surface area contributed by atoms with Crippen LogP contribution in [0.4, 0.5) is 5.69 Å². The maximum absolute atomic E-state index is 13.6. The lowest BCUT2D eigenvalue weighted by Gasteiger charge is -2.25. The van der Waals surface area contributed by atoms with E-state index in [1.165, 1.54) is 0 Å². The number of rotatable bonds is 6.